The number of piperidine rings is 1. The van der Waals surface area contributed by atoms with Crippen molar-refractivity contribution in [1.29, 1.82) is 0 Å². The molecule has 140 valence electrons. The largest absolute Gasteiger partial charge is 0.356 e. The van der Waals surface area contributed by atoms with Crippen LogP contribution in [0.2, 0.25) is 0 Å². The maximum Gasteiger partial charge on any atom is 0.220 e. The summed E-state index contributed by atoms with van der Waals surface area (Å²) < 4.78 is 0. The van der Waals surface area contributed by atoms with E-state index in [0.29, 0.717) is 12.8 Å². The van der Waals surface area contributed by atoms with Gasteiger partial charge in [-0.3, -0.25) is 4.79 Å². The van der Waals surface area contributed by atoms with E-state index in [1.165, 1.54) is 32.4 Å². The van der Waals surface area contributed by atoms with E-state index >= 15 is 0 Å². The number of nitrogens with one attached hydrogen (secondary N) is 2. The van der Waals surface area contributed by atoms with Crippen LogP contribution in [0.5, 0.6) is 0 Å². The van der Waals surface area contributed by atoms with Crippen LogP contribution in [-0.2, 0) is 11.2 Å². The molecule has 2 atom stereocenters. The zero-order chi connectivity index (χ0) is 18.2. The number of nitrogens with zero attached hydrogens (tertiary/aromatic N) is 2. The van der Waals surface area contributed by atoms with Gasteiger partial charge in [0.2, 0.25) is 5.91 Å². The summed E-state index contributed by atoms with van der Waals surface area (Å²) in [6.07, 6.45) is 8.34. The van der Waals surface area contributed by atoms with E-state index in [9.17, 15) is 4.79 Å². The summed E-state index contributed by atoms with van der Waals surface area (Å²) in [4.78, 5) is 22.8. The van der Waals surface area contributed by atoms with Gasteiger partial charge in [0, 0.05) is 30.8 Å². The van der Waals surface area contributed by atoms with Crippen LogP contribution in [0, 0.1) is 13.8 Å². The van der Waals surface area contributed by atoms with Gasteiger partial charge in [-0.15, -0.1) is 0 Å². The highest BCUT2D eigenvalue weighted by Crippen LogP contribution is 2.17. The van der Waals surface area contributed by atoms with Crippen molar-refractivity contribution in [1.82, 2.24) is 15.3 Å². The molecule has 1 aromatic heterocycles. The first-order chi connectivity index (χ1) is 12.0. The Balaban J connectivity index is 1.69. The van der Waals surface area contributed by atoms with Crippen LogP contribution < -0.4 is 10.2 Å². The minimum absolute atomic E-state index is 0.134. The van der Waals surface area contributed by atoms with Gasteiger partial charge in [0.1, 0.15) is 0 Å². The maximum atomic E-state index is 12.1. The van der Waals surface area contributed by atoms with Crippen LogP contribution in [0.25, 0.3) is 0 Å². The molecule has 6 heteroatoms. The van der Waals surface area contributed by atoms with Gasteiger partial charge in [-0.25, -0.2) is 9.97 Å². The van der Waals surface area contributed by atoms with E-state index in [1.54, 1.807) is 16.7 Å². The Morgan fingerprint density at radius 2 is 2.00 bits per heavy atom. The summed E-state index contributed by atoms with van der Waals surface area (Å²) in [5.41, 5.74) is 3.10. The third-order valence-corrected chi connectivity index (χ3v) is 5.81. The molecule has 2 N–H and O–H groups in total. The fourth-order valence-electron chi connectivity index (χ4n) is 3.66. The number of hydrogen-bond acceptors (Lipinski definition) is 4. The van der Waals surface area contributed by atoms with Gasteiger partial charge in [-0.2, -0.15) is 0 Å². The van der Waals surface area contributed by atoms with Crippen LogP contribution in [-0.4, -0.2) is 47.8 Å². The van der Waals surface area contributed by atoms with E-state index in [1.807, 2.05) is 20.1 Å². The zero-order valence-corrected chi connectivity index (χ0v) is 17.0. The Kier molecular flexibility index (Phi) is 8.16. The summed E-state index contributed by atoms with van der Waals surface area (Å²) in [6.45, 7) is 9.61. The topological polar surface area (TPSA) is 59.3 Å². The molecule has 1 fully saturated rings. The molecule has 0 aromatic carbocycles. The number of hydrogen-bond donors (Lipinski definition) is 2. The second kappa shape index (κ2) is 10.1. The highest BCUT2D eigenvalue weighted by molar-refractivity contribution is 7.98. The van der Waals surface area contributed by atoms with Crippen LogP contribution >= 0.6 is 11.8 Å². The van der Waals surface area contributed by atoms with Gasteiger partial charge < -0.3 is 10.2 Å². The molecule has 2 rings (SSSR count). The van der Waals surface area contributed by atoms with E-state index in [-0.39, 0.29) is 5.91 Å². The second-order valence-corrected chi connectivity index (χ2v) is 7.89. The Morgan fingerprint density at radius 3 is 2.64 bits per heavy atom. The lowest BCUT2D eigenvalue weighted by molar-refractivity contribution is -0.928. The first-order valence-electron chi connectivity index (χ1n) is 9.50. The van der Waals surface area contributed by atoms with E-state index in [4.69, 9.17) is 0 Å². The van der Waals surface area contributed by atoms with Gasteiger partial charge >= 0.3 is 0 Å². The zero-order valence-electron chi connectivity index (χ0n) is 16.2. The first kappa shape index (κ1) is 20.2. The van der Waals surface area contributed by atoms with Gasteiger partial charge in [-0.1, -0.05) is 11.8 Å². The second-order valence-electron chi connectivity index (χ2n) is 7.12. The van der Waals surface area contributed by atoms with Crippen molar-refractivity contribution < 1.29 is 9.69 Å². The first-order valence-corrected chi connectivity index (χ1v) is 10.7. The van der Waals surface area contributed by atoms with Crippen molar-refractivity contribution in [2.45, 2.75) is 70.5 Å². The molecule has 1 amide bonds. The molecule has 0 bridgehead atoms. The Bertz CT molecular complexity index is 556. The monoisotopic (exact) mass is 365 g/mol. The third-order valence-electron chi connectivity index (χ3n) is 5.26. The predicted molar refractivity (Wildman–Crippen MR) is 103 cm³/mol. The quantitative estimate of drug-likeness (QED) is 0.418. The maximum absolute atomic E-state index is 12.1. The Hall–Kier alpha value is -1.14. The number of carbonyl (C=O) groups is 1. The molecule has 2 heterocycles. The van der Waals surface area contributed by atoms with Crippen LogP contribution in [0.4, 0.5) is 0 Å². The van der Waals surface area contributed by atoms with E-state index < -0.39 is 0 Å². The fourth-order valence-corrected chi connectivity index (χ4v) is 4.11. The van der Waals surface area contributed by atoms with Crippen LogP contribution in [0.1, 0.15) is 56.0 Å². The van der Waals surface area contributed by atoms with Crippen molar-refractivity contribution in [3.63, 3.8) is 0 Å². The fraction of sp³-hybridized carbons (Fsp3) is 0.737. The number of quaternary nitrogens is 1. The van der Waals surface area contributed by atoms with E-state index in [2.05, 4.69) is 22.2 Å². The van der Waals surface area contributed by atoms with Gasteiger partial charge in [-0.05, 0) is 58.3 Å². The lowest BCUT2D eigenvalue weighted by Gasteiger charge is -2.30. The molecule has 0 spiro atoms. The molecule has 0 saturated carbocycles. The normalized spacial score (nSPS) is 20.5. The third kappa shape index (κ3) is 6.26. The summed E-state index contributed by atoms with van der Waals surface area (Å²) in [5.74, 6) is 0.134. The summed E-state index contributed by atoms with van der Waals surface area (Å²) >= 11 is 1.55. The van der Waals surface area contributed by atoms with Crippen molar-refractivity contribution in [3.05, 3.63) is 17.0 Å². The average molecular weight is 366 g/mol. The highest BCUT2D eigenvalue weighted by atomic mass is 32.2. The van der Waals surface area contributed by atoms with Crippen molar-refractivity contribution >= 4 is 17.7 Å². The highest BCUT2D eigenvalue weighted by Gasteiger charge is 2.20. The molecular weight excluding hydrogens is 332 g/mol. The summed E-state index contributed by atoms with van der Waals surface area (Å²) in [7, 11) is 0. The molecule has 25 heavy (non-hydrogen) atoms. The molecule has 1 aromatic rings. The van der Waals surface area contributed by atoms with Crippen molar-refractivity contribution in [2.24, 2.45) is 0 Å². The number of rotatable bonds is 8. The Labute approximate surface area is 156 Å². The molecule has 0 aliphatic carbocycles. The Morgan fingerprint density at radius 1 is 1.28 bits per heavy atom. The standard InChI is InChI=1S/C19H32N4OS/c1-14-8-5-6-12-23(14)13-7-11-20-18(24)10-9-17-15(2)21-19(25-4)22-16(17)3/h14H,5-13H2,1-4H3,(H,20,24)/p+1/t14-/m1/s1. The summed E-state index contributed by atoms with van der Waals surface area (Å²) in [6, 6.07) is 0.777. The number of amides is 1. The molecule has 0 radical (unpaired) electrons. The number of likely N-dealkylation sites (tertiary alicyclic amines) is 1. The average Bonchev–Trinajstić information content (AvgIpc) is 2.59. The predicted octanol–water partition coefficient (Wildman–Crippen LogP) is 1.71. The SMILES string of the molecule is CSc1nc(C)c(CCC(=O)NCCC[NH+]2CCCC[C@H]2C)c(C)n1. The molecule has 1 aliphatic rings. The van der Waals surface area contributed by atoms with Crippen LogP contribution in [0.15, 0.2) is 5.16 Å². The van der Waals surface area contributed by atoms with Gasteiger partial charge in [0.25, 0.3) is 0 Å². The number of aryl methyl sites for hydroxylation is 2. The molecular formula is C19H33N4OS+. The lowest BCUT2D eigenvalue weighted by Crippen LogP contribution is -3.16. The van der Waals surface area contributed by atoms with Crippen molar-refractivity contribution in [3.8, 4) is 0 Å². The lowest BCUT2D eigenvalue weighted by atomic mass is 10.0. The minimum atomic E-state index is 0.134. The van der Waals surface area contributed by atoms with Gasteiger partial charge in [0.15, 0.2) is 5.16 Å². The minimum Gasteiger partial charge on any atom is -0.356 e. The van der Waals surface area contributed by atoms with E-state index in [0.717, 1.165) is 41.1 Å². The summed E-state index contributed by atoms with van der Waals surface area (Å²) in [5, 5.41) is 3.87. The van der Waals surface area contributed by atoms with Crippen molar-refractivity contribution in [2.75, 3.05) is 25.9 Å². The molecule has 1 unspecified atom stereocenters. The van der Waals surface area contributed by atoms with Gasteiger partial charge in [0.05, 0.1) is 19.1 Å². The van der Waals surface area contributed by atoms with Crippen LogP contribution in [0.3, 0.4) is 0 Å². The number of aromatic nitrogens is 2. The smallest absolute Gasteiger partial charge is 0.220 e. The molecule has 5 nitrogen and oxygen atoms in total. The number of thioether (sulfide) groups is 1. The molecule has 1 aliphatic heterocycles. The number of carbonyl (C=O) groups excluding carboxylic acids is 1. The molecule has 1 saturated heterocycles.